The van der Waals surface area contributed by atoms with Crippen molar-refractivity contribution in [3.8, 4) is 0 Å². The maximum Gasteiger partial charge on any atom is 0.337 e. The first-order valence-electron chi connectivity index (χ1n) is 5.95. The number of nitrogens with one attached hydrogen (secondary N) is 2. The van der Waals surface area contributed by atoms with E-state index in [1.165, 1.54) is 13.2 Å². The number of esters is 1. The molecule has 2 rings (SSSR count). The van der Waals surface area contributed by atoms with E-state index in [0.29, 0.717) is 11.3 Å². The van der Waals surface area contributed by atoms with Crippen molar-refractivity contribution in [2.24, 2.45) is 5.10 Å². The Morgan fingerprint density at radius 1 is 1.35 bits per heavy atom. The highest BCUT2D eigenvalue weighted by molar-refractivity contribution is 6.43. The number of benzene rings is 1. The van der Waals surface area contributed by atoms with E-state index in [2.05, 4.69) is 20.6 Å². The summed E-state index contributed by atoms with van der Waals surface area (Å²) in [6, 6.07) is 6.37. The number of hydrogen-bond acceptors (Lipinski definition) is 5. The topological polar surface area (TPSA) is 96.9 Å². The van der Waals surface area contributed by atoms with Crippen molar-refractivity contribution >= 4 is 29.2 Å². The van der Waals surface area contributed by atoms with Crippen LogP contribution >= 0.6 is 0 Å². The Balaban J connectivity index is 2.08. The van der Waals surface area contributed by atoms with Crippen molar-refractivity contribution in [3.63, 3.8) is 0 Å². The van der Waals surface area contributed by atoms with Gasteiger partial charge in [0, 0.05) is 18.5 Å². The van der Waals surface area contributed by atoms with Crippen LogP contribution in [0.2, 0.25) is 0 Å². The van der Waals surface area contributed by atoms with Gasteiger partial charge in [0.15, 0.2) is 0 Å². The molecule has 0 saturated carbocycles. The molecule has 7 heteroatoms. The Morgan fingerprint density at radius 2 is 2.15 bits per heavy atom. The molecule has 1 heterocycles. The van der Waals surface area contributed by atoms with Crippen molar-refractivity contribution in [2.75, 3.05) is 12.4 Å². The van der Waals surface area contributed by atoms with Gasteiger partial charge in [0.2, 0.25) is 5.91 Å². The molecule has 0 saturated heterocycles. The average Bonchev–Trinajstić information content (AvgIpc) is 2.47. The summed E-state index contributed by atoms with van der Waals surface area (Å²) in [6.45, 7) is 0. The summed E-state index contributed by atoms with van der Waals surface area (Å²) in [7, 11) is 1.28. The number of nitrogens with zero attached hydrogens (tertiary/aromatic N) is 1. The molecule has 1 aliphatic rings. The van der Waals surface area contributed by atoms with E-state index >= 15 is 0 Å². The van der Waals surface area contributed by atoms with Crippen molar-refractivity contribution in [3.05, 3.63) is 29.8 Å². The number of carbonyl (C=O) groups is 3. The van der Waals surface area contributed by atoms with E-state index in [9.17, 15) is 14.4 Å². The summed E-state index contributed by atoms with van der Waals surface area (Å²) in [4.78, 5) is 34.2. The van der Waals surface area contributed by atoms with E-state index < -0.39 is 11.9 Å². The smallest absolute Gasteiger partial charge is 0.337 e. The van der Waals surface area contributed by atoms with Gasteiger partial charge >= 0.3 is 5.97 Å². The molecule has 7 nitrogen and oxygen atoms in total. The molecule has 0 radical (unpaired) electrons. The first-order chi connectivity index (χ1) is 9.60. The minimum absolute atomic E-state index is 0.214. The van der Waals surface area contributed by atoms with Crippen LogP contribution in [-0.2, 0) is 14.3 Å². The third-order valence-corrected chi connectivity index (χ3v) is 2.71. The number of ether oxygens (including phenoxy) is 1. The third kappa shape index (κ3) is 3.19. The van der Waals surface area contributed by atoms with Gasteiger partial charge < -0.3 is 10.1 Å². The maximum absolute atomic E-state index is 11.9. The second kappa shape index (κ2) is 5.96. The molecule has 20 heavy (non-hydrogen) atoms. The number of amides is 2. The second-order valence-electron chi connectivity index (χ2n) is 4.12. The summed E-state index contributed by atoms with van der Waals surface area (Å²) in [5.41, 5.74) is 3.29. The highest BCUT2D eigenvalue weighted by Gasteiger charge is 2.18. The standard InChI is InChI=1S/C13H13N3O4/c1-20-13(19)8-3-2-4-9(7-8)14-12(18)10-5-6-11(17)16-15-10/h2-4,7H,5-6H2,1H3,(H,14,18)(H,16,17). The van der Waals surface area contributed by atoms with Gasteiger partial charge in [-0.05, 0) is 18.2 Å². The van der Waals surface area contributed by atoms with Crippen LogP contribution in [0.1, 0.15) is 23.2 Å². The number of anilines is 1. The third-order valence-electron chi connectivity index (χ3n) is 2.71. The zero-order valence-corrected chi connectivity index (χ0v) is 10.8. The Kier molecular flexibility index (Phi) is 4.09. The fourth-order valence-electron chi connectivity index (χ4n) is 1.68. The Hall–Kier alpha value is -2.70. The zero-order chi connectivity index (χ0) is 14.5. The zero-order valence-electron chi connectivity index (χ0n) is 10.8. The maximum atomic E-state index is 11.9. The lowest BCUT2D eigenvalue weighted by atomic mass is 10.1. The molecular weight excluding hydrogens is 262 g/mol. The number of rotatable bonds is 3. The van der Waals surface area contributed by atoms with Crippen LogP contribution in [0.15, 0.2) is 29.4 Å². The van der Waals surface area contributed by atoms with Crippen molar-refractivity contribution in [2.45, 2.75) is 12.8 Å². The highest BCUT2D eigenvalue weighted by atomic mass is 16.5. The summed E-state index contributed by atoms with van der Waals surface area (Å²) < 4.78 is 4.60. The molecule has 104 valence electrons. The van der Waals surface area contributed by atoms with Gasteiger partial charge in [0.05, 0.1) is 12.7 Å². The quantitative estimate of drug-likeness (QED) is 0.792. The summed E-state index contributed by atoms with van der Waals surface area (Å²) in [5.74, 6) is -1.11. The van der Waals surface area contributed by atoms with Crippen LogP contribution in [0.3, 0.4) is 0 Å². The average molecular weight is 275 g/mol. The molecular formula is C13H13N3O4. The van der Waals surface area contributed by atoms with E-state index in [1.54, 1.807) is 18.2 Å². The van der Waals surface area contributed by atoms with Gasteiger partial charge in [-0.3, -0.25) is 9.59 Å². The molecule has 0 atom stereocenters. The Bertz CT molecular complexity index is 595. The van der Waals surface area contributed by atoms with Gasteiger partial charge in [-0.15, -0.1) is 0 Å². The number of carbonyl (C=O) groups excluding carboxylic acids is 3. The molecule has 0 spiro atoms. The minimum atomic E-state index is -0.483. The van der Waals surface area contributed by atoms with E-state index in [4.69, 9.17) is 0 Å². The van der Waals surface area contributed by atoms with E-state index in [0.717, 1.165) is 0 Å². The molecule has 0 fully saturated rings. The minimum Gasteiger partial charge on any atom is -0.465 e. The summed E-state index contributed by atoms with van der Waals surface area (Å²) in [5, 5.41) is 6.31. The Morgan fingerprint density at radius 3 is 2.80 bits per heavy atom. The van der Waals surface area contributed by atoms with Crippen LogP contribution in [-0.4, -0.2) is 30.6 Å². The first-order valence-corrected chi connectivity index (χ1v) is 5.95. The highest BCUT2D eigenvalue weighted by Crippen LogP contribution is 2.12. The van der Waals surface area contributed by atoms with Crippen LogP contribution in [0.5, 0.6) is 0 Å². The molecule has 1 aromatic rings. The first kappa shape index (κ1) is 13.7. The largest absolute Gasteiger partial charge is 0.465 e. The molecule has 0 aliphatic carbocycles. The van der Waals surface area contributed by atoms with Crippen LogP contribution in [0, 0.1) is 0 Å². The molecule has 1 aliphatic heterocycles. The number of hydrogen-bond donors (Lipinski definition) is 2. The predicted octanol–water partition coefficient (Wildman–Crippen LogP) is 0.678. The molecule has 1 aromatic carbocycles. The monoisotopic (exact) mass is 275 g/mol. The fraction of sp³-hybridized carbons (Fsp3) is 0.231. The second-order valence-corrected chi connectivity index (χ2v) is 4.12. The normalized spacial score (nSPS) is 14.1. The van der Waals surface area contributed by atoms with Crippen LogP contribution in [0.4, 0.5) is 5.69 Å². The van der Waals surface area contributed by atoms with Gasteiger partial charge in [-0.25, -0.2) is 10.2 Å². The van der Waals surface area contributed by atoms with Gasteiger partial charge in [0.25, 0.3) is 5.91 Å². The summed E-state index contributed by atoms with van der Waals surface area (Å²) >= 11 is 0. The molecule has 0 bridgehead atoms. The molecule has 0 aromatic heterocycles. The van der Waals surface area contributed by atoms with Crippen molar-refractivity contribution in [1.29, 1.82) is 0 Å². The number of methoxy groups -OCH3 is 1. The van der Waals surface area contributed by atoms with Gasteiger partial charge in [-0.1, -0.05) is 6.07 Å². The molecule has 2 N–H and O–H groups in total. The van der Waals surface area contributed by atoms with Crippen LogP contribution in [0.25, 0.3) is 0 Å². The lowest BCUT2D eigenvalue weighted by Gasteiger charge is -2.12. The fourth-order valence-corrected chi connectivity index (χ4v) is 1.68. The van der Waals surface area contributed by atoms with Crippen LogP contribution < -0.4 is 10.7 Å². The lowest BCUT2D eigenvalue weighted by molar-refractivity contribution is -0.121. The molecule has 2 amide bonds. The SMILES string of the molecule is COC(=O)c1cccc(NC(=O)C2=NNC(=O)CC2)c1. The van der Waals surface area contributed by atoms with E-state index in [-0.39, 0.29) is 24.5 Å². The van der Waals surface area contributed by atoms with E-state index in [1.807, 2.05) is 0 Å². The Labute approximate surface area is 115 Å². The summed E-state index contributed by atoms with van der Waals surface area (Å²) in [6.07, 6.45) is 0.517. The van der Waals surface area contributed by atoms with Gasteiger partial charge in [0.1, 0.15) is 5.71 Å². The van der Waals surface area contributed by atoms with Gasteiger partial charge in [-0.2, -0.15) is 5.10 Å². The number of hydrazone groups is 1. The molecule has 0 unspecified atom stereocenters. The van der Waals surface area contributed by atoms with Crippen molar-refractivity contribution < 1.29 is 19.1 Å². The van der Waals surface area contributed by atoms with Crippen molar-refractivity contribution in [1.82, 2.24) is 5.43 Å². The predicted molar refractivity (Wildman–Crippen MR) is 71.2 cm³/mol. The lowest BCUT2D eigenvalue weighted by Crippen LogP contribution is -2.32.